The Balaban J connectivity index is 1.84. The predicted molar refractivity (Wildman–Crippen MR) is 62.7 cm³/mol. The van der Waals surface area contributed by atoms with Crippen molar-refractivity contribution >= 4 is 16.3 Å². The second-order valence-electron chi connectivity index (χ2n) is 4.22. The lowest BCUT2D eigenvalue weighted by Gasteiger charge is -2.02. The van der Waals surface area contributed by atoms with Crippen LogP contribution in [0.25, 0.3) is 4.96 Å². The smallest absolute Gasteiger partial charge is 0.234 e. The van der Waals surface area contributed by atoms with Crippen LogP contribution < -0.4 is 5.32 Å². The van der Waals surface area contributed by atoms with Gasteiger partial charge in [-0.25, -0.2) is 0 Å². The summed E-state index contributed by atoms with van der Waals surface area (Å²) in [4.78, 5) is 0.929. The van der Waals surface area contributed by atoms with Gasteiger partial charge in [0, 0.05) is 12.8 Å². The second kappa shape index (κ2) is 4.10. The zero-order valence-electron chi connectivity index (χ0n) is 9.31. The van der Waals surface area contributed by atoms with Gasteiger partial charge in [0.25, 0.3) is 0 Å². The van der Waals surface area contributed by atoms with E-state index in [9.17, 15) is 0 Å². The Kier molecular flexibility index (Phi) is 2.61. The van der Waals surface area contributed by atoms with Gasteiger partial charge in [0.1, 0.15) is 5.01 Å². The van der Waals surface area contributed by atoms with Gasteiger partial charge in [0.15, 0.2) is 5.82 Å². The van der Waals surface area contributed by atoms with Crippen molar-refractivity contribution in [3.63, 3.8) is 0 Å². The molecule has 3 heterocycles. The van der Waals surface area contributed by atoms with Crippen molar-refractivity contribution in [2.75, 3.05) is 13.1 Å². The molecule has 0 amide bonds. The molecule has 2 aromatic heterocycles. The molecule has 0 spiro atoms. The van der Waals surface area contributed by atoms with Gasteiger partial charge in [-0.05, 0) is 25.4 Å². The van der Waals surface area contributed by atoms with Crippen molar-refractivity contribution in [1.82, 2.24) is 25.1 Å². The minimum Gasteiger partial charge on any atom is -0.316 e. The van der Waals surface area contributed by atoms with Gasteiger partial charge in [-0.2, -0.15) is 9.61 Å². The standard InChI is InChI=1S/C10H15N5S/c1-2-8-12-13-10-15(8)14-9(16-10)5-7-3-4-11-6-7/h7,11H,2-6H2,1H3. The molecule has 2 aromatic rings. The highest BCUT2D eigenvalue weighted by atomic mass is 32.1. The summed E-state index contributed by atoms with van der Waals surface area (Å²) in [5.74, 6) is 1.70. The number of rotatable bonds is 3. The SMILES string of the molecule is CCc1nnc2sc(CC3CCNC3)nn12. The molecular formula is C10H15N5S. The average Bonchev–Trinajstić information content (AvgIpc) is 2.94. The van der Waals surface area contributed by atoms with E-state index in [2.05, 4.69) is 27.5 Å². The lowest BCUT2D eigenvalue weighted by atomic mass is 10.1. The van der Waals surface area contributed by atoms with Crippen molar-refractivity contribution in [2.45, 2.75) is 26.2 Å². The fourth-order valence-corrected chi connectivity index (χ4v) is 3.10. The molecule has 1 N–H and O–H groups in total. The Hall–Kier alpha value is -1.01. The molecule has 1 unspecified atom stereocenters. The van der Waals surface area contributed by atoms with Gasteiger partial charge in [-0.1, -0.05) is 18.3 Å². The van der Waals surface area contributed by atoms with Crippen LogP contribution in [-0.2, 0) is 12.8 Å². The molecule has 0 saturated carbocycles. The fraction of sp³-hybridized carbons (Fsp3) is 0.700. The summed E-state index contributed by atoms with van der Waals surface area (Å²) in [6.07, 6.45) is 3.22. The highest BCUT2D eigenvalue weighted by Gasteiger charge is 2.18. The summed E-state index contributed by atoms with van der Waals surface area (Å²) in [5, 5.41) is 17.4. The lowest BCUT2D eigenvalue weighted by Crippen LogP contribution is -2.10. The number of hydrogen-bond donors (Lipinski definition) is 1. The van der Waals surface area contributed by atoms with Gasteiger partial charge >= 0.3 is 0 Å². The molecule has 1 atom stereocenters. The van der Waals surface area contributed by atoms with Crippen molar-refractivity contribution < 1.29 is 0 Å². The van der Waals surface area contributed by atoms with Gasteiger partial charge in [-0.15, -0.1) is 10.2 Å². The molecule has 0 bridgehead atoms. The van der Waals surface area contributed by atoms with Crippen LogP contribution in [0.1, 0.15) is 24.2 Å². The molecule has 1 aliphatic rings. The lowest BCUT2D eigenvalue weighted by molar-refractivity contribution is 0.572. The van der Waals surface area contributed by atoms with Gasteiger partial charge in [0.05, 0.1) is 0 Å². The first kappa shape index (κ1) is 10.2. The maximum atomic E-state index is 4.59. The maximum absolute atomic E-state index is 4.59. The van der Waals surface area contributed by atoms with Gasteiger partial charge in [-0.3, -0.25) is 0 Å². The Bertz CT molecular complexity index is 482. The summed E-state index contributed by atoms with van der Waals surface area (Å²) in [5.41, 5.74) is 0. The number of fused-ring (bicyclic) bond motifs is 1. The Morgan fingerprint density at radius 1 is 1.50 bits per heavy atom. The Labute approximate surface area is 97.9 Å². The largest absolute Gasteiger partial charge is 0.316 e. The molecule has 0 aromatic carbocycles. The molecule has 6 heteroatoms. The molecule has 0 aliphatic carbocycles. The third-order valence-electron chi connectivity index (χ3n) is 3.04. The first-order valence-electron chi connectivity index (χ1n) is 5.77. The van der Waals surface area contributed by atoms with Crippen LogP contribution in [-0.4, -0.2) is 32.9 Å². The number of nitrogens with one attached hydrogen (secondary N) is 1. The zero-order chi connectivity index (χ0) is 11.0. The Morgan fingerprint density at radius 3 is 3.19 bits per heavy atom. The molecule has 86 valence electrons. The van der Waals surface area contributed by atoms with E-state index in [1.807, 2.05) is 4.52 Å². The molecule has 1 aliphatic heterocycles. The molecule has 1 fully saturated rings. The number of aromatic nitrogens is 4. The topological polar surface area (TPSA) is 55.1 Å². The monoisotopic (exact) mass is 237 g/mol. The van der Waals surface area contributed by atoms with E-state index in [-0.39, 0.29) is 0 Å². The normalized spacial score (nSPS) is 20.9. The second-order valence-corrected chi connectivity index (χ2v) is 5.26. The fourth-order valence-electron chi connectivity index (χ4n) is 2.14. The maximum Gasteiger partial charge on any atom is 0.234 e. The third-order valence-corrected chi connectivity index (χ3v) is 3.96. The van der Waals surface area contributed by atoms with Crippen molar-refractivity contribution in [1.29, 1.82) is 0 Å². The van der Waals surface area contributed by atoms with Crippen LogP contribution in [0.2, 0.25) is 0 Å². The minimum absolute atomic E-state index is 0.744. The minimum atomic E-state index is 0.744. The first-order chi connectivity index (χ1) is 7.86. The zero-order valence-corrected chi connectivity index (χ0v) is 10.1. The van der Waals surface area contributed by atoms with E-state index in [1.54, 1.807) is 11.3 Å². The summed E-state index contributed by atoms with van der Waals surface area (Å²) < 4.78 is 1.89. The molecule has 1 saturated heterocycles. The quantitative estimate of drug-likeness (QED) is 0.861. The predicted octanol–water partition coefficient (Wildman–Crippen LogP) is 0.900. The summed E-state index contributed by atoms with van der Waals surface area (Å²) in [6.45, 7) is 4.35. The van der Waals surface area contributed by atoms with Gasteiger partial charge in [0.2, 0.25) is 4.96 Å². The average molecular weight is 237 g/mol. The van der Waals surface area contributed by atoms with Crippen molar-refractivity contribution in [3.8, 4) is 0 Å². The van der Waals surface area contributed by atoms with E-state index < -0.39 is 0 Å². The van der Waals surface area contributed by atoms with E-state index in [0.29, 0.717) is 0 Å². The van der Waals surface area contributed by atoms with Crippen LogP contribution in [0.5, 0.6) is 0 Å². The molecule has 3 rings (SSSR count). The molecule has 5 nitrogen and oxygen atoms in total. The van der Waals surface area contributed by atoms with Crippen LogP contribution in [0.3, 0.4) is 0 Å². The van der Waals surface area contributed by atoms with Crippen molar-refractivity contribution in [3.05, 3.63) is 10.8 Å². The highest BCUT2D eigenvalue weighted by molar-refractivity contribution is 7.16. The first-order valence-corrected chi connectivity index (χ1v) is 6.59. The van der Waals surface area contributed by atoms with Gasteiger partial charge < -0.3 is 5.32 Å². The number of hydrogen-bond acceptors (Lipinski definition) is 5. The van der Waals surface area contributed by atoms with E-state index in [4.69, 9.17) is 0 Å². The molecule has 0 radical (unpaired) electrons. The van der Waals surface area contributed by atoms with Crippen LogP contribution in [0.15, 0.2) is 0 Å². The Morgan fingerprint density at radius 2 is 2.44 bits per heavy atom. The van der Waals surface area contributed by atoms with Crippen LogP contribution >= 0.6 is 11.3 Å². The van der Waals surface area contributed by atoms with Crippen LogP contribution in [0.4, 0.5) is 0 Å². The number of aryl methyl sites for hydroxylation is 1. The summed E-state index contributed by atoms with van der Waals surface area (Å²) in [7, 11) is 0. The number of nitrogens with zero attached hydrogens (tertiary/aromatic N) is 4. The van der Waals surface area contributed by atoms with Crippen molar-refractivity contribution in [2.24, 2.45) is 5.92 Å². The highest BCUT2D eigenvalue weighted by Crippen LogP contribution is 2.20. The van der Waals surface area contributed by atoms with Crippen LogP contribution in [0, 0.1) is 5.92 Å². The van der Waals surface area contributed by atoms with E-state index in [1.165, 1.54) is 11.4 Å². The molecular weight excluding hydrogens is 222 g/mol. The summed E-state index contributed by atoms with van der Waals surface area (Å²) in [6, 6.07) is 0. The van der Waals surface area contributed by atoms with E-state index in [0.717, 1.165) is 42.6 Å². The van der Waals surface area contributed by atoms with E-state index >= 15 is 0 Å². The summed E-state index contributed by atoms with van der Waals surface area (Å²) >= 11 is 1.67. The third kappa shape index (κ3) is 1.72. The molecule has 16 heavy (non-hydrogen) atoms.